The van der Waals surface area contributed by atoms with Gasteiger partial charge in [-0.3, -0.25) is 9.59 Å². The fourth-order valence-corrected chi connectivity index (χ4v) is 2.33. The molecule has 1 aromatic rings. The first-order valence-electron chi connectivity index (χ1n) is 6.90. The largest absolute Gasteiger partial charge is 0.273 e. The van der Waals surface area contributed by atoms with E-state index in [1.54, 1.807) is 6.92 Å². The van der Waals surface area contributed by atoms with Crippen molar-refractivity contribution in [3.63, 3.8) is 0 Å². The van der Waals surface area contributed by atoms with Crippen LogP contribution < -0.4 is 10.9 Å². The molecule has 1 aliphatic rings. The maximum atomic E-state index is 11.8. The van der Waals surface area contributed by atoms with Gasteiger partial charge in [-0.05, 0) is 38.0 Å². The molecule has 1 aromatic carbocycles. The zero-order valence-electron chi connectivity index (χ0n) is 12.4. The van der Waals surface area contributed by atoms with Crippen molar-refractivity contribution < 1.29 is 9.59 Å². The Morgan fingerprint density at radius 3 is 2.68 bits per heavy atom. The summed E-state index contributed by atoms with van der Waals surface area (Å²) in [4.78, 5) is 23.3. The Morgan fingerprint density at radius 1 is 1.41 bits per heavy atom. The predicted octanol–water partition coefficient (Wildman–Crippen LogP) is 2.19. The van der Waals surface area contributed by atoms with Gasteiger partial charge in [-0.1, -0.05) is 28.1 Å². The molecule has 22 heavy (non-hydrogen) atoms. The molecule has 6 nitrogen and oxygen atoms in total. The van der Waals surface area contributed by atoms with Gasteiger partial charge < -0.3 is 0 Å². The fourth-order valence-electron chi connectivity index (χ4n) is 2.06. The zero-order chi connectivity index (χ0) is 16.1. The number of carbonyl (C=O) groups excluding carboxylic acids is 2. The molecule has 1 heterocycles. The number of halogens is 1. The molecule has 1 atom stereocenters. The first-order valence-corrected chi connectivity index (χ1v) is 7.70. The molecule has 0 bridgehead atoms. The van der Waals surface area contributed by atoms with E-state index in [1.165, 1.54) is 0 Å². The van der Waals surface area contributed by atoms with E-state index in [0.29, 0.717) is 12.1 Å². The molecule has 0 fully saturated rings. The molecule has 116 valence electrons. The van der Waals surface area contributed by atoms with Crippen molar-refractivity contribution >= 4 is 39.2 Å². The predicted molar refractivity (Wildman–Crippen MR) is 88.5 cm³/mol. The van der Waals surface area contributed by atoms with Crippen LogP contribution in [0.15, 0.2) is 38.9 Å². The third-order valence-corrected chi connectivity index (χ3v) is 3.96. The van der Waals surface area contributed by atoms with E-state index < -0.39 is 0 Å². The Kier molecular flexibility index (Phi) is 5.43. The second kappa shape index (κ2) is 7.31. The van der Waals surface area contributed by atoms with Crippen molar-refractivity contribution in [3.05, 3.63) is 34.3 Å². The molecule has 2 amide bonds. The summed E-state index contributed by atoms with van der Waals surface area (Å²) in [6.07, 6.45) is 0.655. The standard InChI is InChI=1S/C15H17BrN4O2/c1-9(11-3-5-12(16)6-4-11)17-19-14(21)8-7-13-10(2)18-20-15(13)22/h3-6,13H,7-8H2,1-2H3,(H,19,21)(H,20,22)/b17-9-/t13-/m0/s1. The van der Waals surface area contributed by atoms with E-state index in [4.69, 9.17) is 0 Å². The second-order valence-electron chi connectivity index (χ2n) is 5.06. The number of hydrogen-bond acceptors (Lipinski definition) is 4. The highest BCUT2D eigenvalue weighted by molar-refractivity contribution is 9.10. The molecule has 2 N–H and O–H groups in total. The molecule has 0 saturated heterocycles. The minimum atomic E-state index is -0.317. The second-order valence-corrected chi connectivity index (χ2v) is 5.98. The van der Waals surface area contributed by atoms with Crippen LogP contribution >= 0.6 is 15.9 Å². The molecular formula is C15H17BrN4O2. The zero-order valence-corrected chi connectivity index (χ0v) is 14.0. The number of benzene rings is 1. The molecule has 2 rings (SSSR count). The molecule has 0 aliphatic carbocycles. The summed E-state index contributed by atoms with van der Waals surface area (Å²) in [5, 5.41) is 7.93. The lowest BCUT2D eigenvalue weighted by molar-refractivity contribution is -0.123. The highest BCUT2D eigenvalue weighted by Crippen LogP contribution is 2.14. The molecule has 0 unspecified atom stereocenters. The maximum Gasteiger partial charge on any atom is 0.248 e. The first-order chi connectivity index (χ1) is 10.5. The topological polar surface area (TPSA) is 82.9 Å². The van der Waals surface area contributed by atoms with Crippen LogP contribution in [-0.4, -0.2) is 23.2 Å². The number of nitrogens with one attached hydrogen (secondary N) is 2. The van der Waals surface area contributed by atoms with Crippen molar-refractivity contribution in [2.24, 2.45) is 16.1 Å². The van der Waals surface area contributed by atoms with E-state index in [9.17, 15) is 9.59 Å². The maximum absolute atomic E-state index is 11.8. The fraction of sp³-hybridized carbons (Fsp3) is 0.333. The molecule has 0 spiro atoms. The Bertz CT molecular complexity index is 637. The summed E-state index contributed by atoms with van der Waals surface area (Å²) in [5.74, 6) is -0.689. The van der Waals surface area contributed by atoms with Crippen LogP contribution in [0.1, 0.15) is 32.3 Å². The van der Waals surface area contributed by atoms with Crippen LogP contribution in [-0.2, 0) is 9.59 Å². The van der Waals surface area contributed by atoms with Gasteiger partial charge in [0.15, 0.2) is 0 Å². The summed E-state index contributed by atoms with van der Waals surface area (Å²) in [5.41, 5.74) is 7.29. The van der Waals surface area contributed by atoms with Crippen molar-refractivity contribution in [2.45, 2.75) is 26.7 Å². The SMILES string of the molecule is CC1=NNC(=O)[C@H]1CCC(=O)N/N=C(/C)c1ccc(Br)cc1. The van der Waals surface area contributed by atoms with Crippen molar-refractivity contribution in [2.75, 3.05) is 0 Å². The van der Waals surface area contributed by atoms with Crippen LogP contribution in [0.2, 0.25) is 0 Å². The van der Waals surface area contributed by atoms with Gasteiger partial charge in [-0.25, -0.2) is 10.9 Å². The normalized spacial score (nSPS) is 18.0. The number of amides is 2. The van der Waals surface area contributed by atoms with Gasteiger partial charge in [0.2, 0.25) is 11.8 Å². The molecule has 0 saturated carbocycles. The molecule has 0 aromatic heterocycles. The summed E-state index contributed by atoms with van der Waals surface area (Å²) in [6, 6.07) is 7.66. The van der Waals surface area contributed by atoms with Crippen LogP contribution in [0.25, 0.3) is 0 Å². The first kappa shape index (κ1) is 16.4. The van der Waals surface area contributed by atoms with Crippen molar-refractivity contribution in [1.82, 2.24) is 10.9 Å². The van der Waals surface area contributed by atoms with Crippen molar-refractivity contribution in [1.29, 1.82) is 0 Å². The summed E-state index contributed by atoms with van der Waals surface area (Å²) in [7, 11) is 0. The Labute approximate surface area is 137 Å². The summed E-state index contributed by atoms with van der Waals surface area (Å²) < 4.78 is 0.986. The third-order valence-electron chi connectivity index (χ3n) is 3.43. The van der Waals surface area contributed by atoms with E-state index >= 15 is 0 Å². The summed E-state index contributed by atoms with van der Waals surface area (Å²) >= 11 is 3.37. The number of nitrogens with zero attached hydrogens (tertiary/aromatic N) is 2. The van der Waals surface area contributed by atoms with Crippen LogP contribution in [0, 0.1) is 5.92 Å². The lowest BCUT2D eigenvalue weighted by Gasteiger charge is -2.07. The van der Waals surface area contributed by atoms with Gasteiger partial charge >= 0.3 is 0 Å². The van der Waals surface area contributed by atoms with E-state index in [0.717, 1.165) is 15.7 Å². The monoisotopic (exact) mass is 364 g/mol. The van der Waals surface area contributed by atoms with Gasteiger partial charge in [0.1, 0.15) is 0 Å². The third kappa shape index (κ3) is 4.24. The number of hydrogen-bond donors (Lipinski definition) is 2. The van der Waals surface area contributed by atoms with Gasteiger partial charge in [0.05, 0.1) is 11.6 Å². The highest BCUT2D eigenvalue weighted by Gasteiger charge is 2.26. The molecule has 7 heteroatoms. The lowest BCUT2D eigenvalue weighted by atomic mass is 9.99. The smallest absolute Gasteiger partial charge is 0.248 e. The van der Waals surface area contributed by atoms with E-state index in [2.05, 4.69) is 37.0 Å². The highest BCUT2D eigenvalue weighted by atomic mass is 79.9. The number of hydrazone groups is 2. The Balaban J connectivity index is 1.84. The van der Waals surface area contributed by atoms with E-state index in [1.807, 2.05) is 31.2 Å². The van der Waals surface area contributed by atoms with Crippen LogP contribution in [0.3, 0.4) is 0 Å². The molecule has 1 aliphatic heterocycles. The van der Waals surface area contributed by atoms with Crippen LogP contribution in [0.4, 0.5) is 0 Å². The Morgan fingerprint density at radius 2 is 2.09 bits per heavy atom. The minimum absolute atomic E-state index is 0.153. The average Bonchev–Trinajstić information content (AvgIpc) is 2.82. The van der Waals surface area contributed by atoms with E-state index in [-0.39, 0.29) is 24.2 Å². The molecular weight excluding hydrogens is 348 g/mol. The quantitative estimate of drug-likeness (QED) is 0.619. The molecule has 0 radical (unpaired) electrons. The number of carbonyl (C=O) groups is 2. The van der Waals surface area contributed by atoms with Gasteiger partial charge in [-0.15, -0.1) is 0 Å². The lowest BCUT2D eigenvalue weighted by Crippen LogP contribution is -2.25. The summed E-state index contributed by atoms with van der Waals surface area (Å²) in [6.45, 7) is 3.60. The minimum Gasteiger partial charge on any atom is -0.273 e. The number of rotatable bonds is 5. The Hall–Kier alpha value is -2.02. The average molecular weight is 365 g/mol. The van der Waals surface area contributed by atoms with Gasteiger partial charge in [0, 0.05) is 16.6 Å². The van der Waals surface area contributed by atoms with Gasteiger partial charge in [0.25, 0.3) is 0 Å². The van der Waals surface area contributed by atoms with Gasteiger partial charge in [-0.2, -0.15) is 10.2 Å². The van der Waals surface area contributed by atoms with Crippen molar-refractivity contribution in [3.8, 4) is 0 Å². The van der Waals surface area contributed by atoms with Crippen LogP contribution in [0.5, 0.6) is 0 Å².